The summed E-state index contributed by atoms with van der Waals surface area (Å²) in [6, 6.07) is 0.899. The highest BCUT2D eigenvalue weighted by molar-refractivity contribution is 5.97. The Morgan fingerprint density at radius 3 is 2.75 bits per heavy atom. The van der Waals surface area contributed by atoms with Gasteiger partial charge in [-0.3, -0.25) is 14.9 Å². The van der Waals surface area contributed by atoms with Crippen molar-refractivity contribution < 1.29 is 18.5 Å². The van der Waals surface area contributed by atoms with Crippen LogP contribution in [0, 0.1) is 27.7 Å². The molecule has 1 aliphatic heterocycles. The minimum atomic E-state index is -1.43. The van der Waals surface area contributed by atoms with Gasteiger partial charge in [0.15, 0.2) is 17.3 Å². The molecule has 1 amide bonds. The molecule has 1 heterocycles. The van der Waals surface area contributed by atoms with Crippen LogP contribution in [0.15, 0.2) is 12.1 Å². The van der Waals surface area contributed by atoms with E-state index in [1.165, 1.54) is 0 Å². The molecule has 1 fully saturated rings. The average molecular weight is 285 g/mol. The minimum Gasteiger partial charge on any atom is -0.316 e. The molecule has 2 atom stereocenters. The van der Waals surface area contributed by atoms with Crippen molar-refractivity contribution in [2.75, 3.05) is 11.9 Å². The van der Waals surface area contributed by atoms with Crippen LogP contribution in [0.2, 0.25) is 0 Å². The molecule has 2 rings (SSSR count). The highest BCUT2D eigenvalue weighted by Gasteiger charge is 2.32. The molecule has 1 saturated heterocycles. The fourth-order valence-electron chi connectivity index (χ4n) is 2.20. The Morgan fingerprint density at radius 2 is 2.20 bits per heavy atom. The van der Waals surface area contributed by atoms with E-state index in [-0.39, 0.29) is 5.92 Å². The van der Waals surface area contributed by atoms with Crippen LogP contribution in [0.25, 0.3) is 0 Å². The predicted octanol–water partition coefficient (Wildman–Crippen LogP) is 1.81. The van der Waals surface area contributed by atoms with Gasteiger partial charge in [0.25, 0.3) is 5.69 Å². The van der Waals surface area contributed by atoms with E-state index in [1.54, 1.807) is 0 Å². The number of amides is 1. The molecule has 0 aliphatic carbocycles. The van der Waals surface area contributed by atoms with Crippen LogP contribution in [0.5, 0.6) is 0 Å². The van der Waals surface area contributed by atoms with E-state index in [2.05, 4.69) is 10.6 Å². The maximum atomic E-state index is 13.7. The number of halogens is 2. The van der Waals surface area contributed by atoms with Gasteiger partial charge in [0, 0.05) is 6.07 Å². The quantitative estimate of drug-likeness (QED) is 0.655. The third-order valence-corrected chi connectivity index (χ3v) is 3.33. The van der Waals surface area contributed by atoms with Crippen molar-refractivity contribution in [2.24, 2.45) is 5.92 Å². The van der Waals surface area contributed by atoms with E-state index in [0.29, 0.717) is 12.6 Å². The molecule has 2 unspecified atom stereocenters. The molecule has 0 spiro atoms. The zero-order chi connectivity index (χ0) is 14.9. The van der Waals surface area contributed by atoms with E-state index < -0.39 is 39.9 Å². The molecule has 1 aromatic rings. The number of rotatable bonds is 3. The van der Waals surface area contributed by atoms with E-state index >= 15 is 0 Å². The van der Waals surface area contributed by atoms with E-state index in [0.717, 1.165) is 12.5 Å². The first-order valence-corrected chi connectivity index (χ1v) is 6.08. The minimum absolute atomic E-state index is 0.0191. The summed E-state index contributed by atoms with van der Waals surface area (Å²) in [4.78, 5) is 21.9. The first kappa shape index (κ1) is 14.3. The lowest BCUT2D eigenvalue weighted by Gasteiger charge is -2.15. The lowest BCUT2D eigenvalue weighted by molar-refractivity contribution is -0.384. The Hall–Kier alpha value is -2.09. The smallest absolute Gasteiger partial charge is 0.296 e. The summed E-state index contributed by atoms with van der Waals surface area (Å²) >= 11 is 0. The van der Waals surface area contributed by atoms with Gasteiger partial charge < -0.3 is 10.6 Å². The SMILES string of the molecule is CC1CCNC1C(=O)Nc1c([N+](=O)[O-])ccc(F)c1F. The summed E-state index contributed by atoms with van der Waals surface area (Å²) in [5.41, 5.74) is -1.41. The number of nitrogens with one attached hydrogen (secondary N) is 2. The molecular formula is C12H13F2N3O3. The number of nitro groups is 1. The van der Waals surface area contributed by atoms with Crippen LogP contribution in [0.4, 0.5) is 20.2 Å². The molecule has 2 N–H and O–H groups in total. The van der Waals surface area contributed by atoms with Crippen molar-refractivity contribution in [2.45, 2.75) is 19.4 Å². The van der Waals surface area contributed by atoms with Crippen molar-refractivity contribution in [3.63, 3.8) is 0 Å². The van der Waals surface area contributed by atoms with Crippen LogP contribution in [0.1, 0.15) is 13.3 Å². The summed E-state index contributed by atoms with van der Waals surface area (Å²) in [5.74, 6) is -3.27. The van der Waals surface area contributed by atoms with Gasteiger partial charge >= 0.3 is 0 Å². The Balaban J connectivity index is 2.30. The highest BCUT2D eigenvalue weighted by atomic mass is 19.2. The number of hydrogen-bond acceptors (Lipinski definition) is 4. The molecule has 108 valence electrons. The second-order valence-electron chi connectivity index (χ2n) is 4.70. The van der Waals surface area contributed by atoms with Crippen LogP contribution >= 0.6 is 0 Å². The molecule has 0 saturated carbocycles. The van der Waals surface area contributed by atoms with Gasteiger partial charge in [-0.1, -0.05) is 6.92 Å². The number of benzene rings is 1. The topological polar surface area (TPSA) is 84.3 Å². The lowest BCUT2D eigenvalue weighted by atomic mass is 10.0. The second-order valence-corrected chi connectivity index (χ2v) is 4.70. The van der Waals surface area contributed by atoms with Gasteiger partial charge in [-0.15, -0.1) is 0 Å². The van der Waals surface area contributed by atoms with Gasteiger partial charge in [0.05, 0.1) is 11.0 Å². The molecular weight excluding hydrogens is 272 g/mol. The van der Waals surface area contributed by atoms with E-state index in [1.807, 2.05) is 6.92 Å². The van der Waals surface area contributed by atoms with Crippen molar-refractivity contribution in [3.05, 3.63) is 33.9 Å². The third-order valence-electron chi connectivity index (χ3n) is 3.33. The molecule has 0 aromatic heterocycles. The molecule has 1 aliphatic rings. The molecule has 0 radical (unpaired) electrons. The largest absolute Gasteiger partial charge is 0.316 e. The zero-order valence-corrected chi connectivity index (χ0v) is 10.7. The first-order valence-electron chi connectivity index (χ1n) is 6.08. The fourth-order valence-corrected chi connectivity index (χ4v) is 2.20. The number of nitrogens with zero attached hydrogens (tertiary/aromatic N) is 1. The third kappa shape index (κ3) is 2.60. The van der Waals surface area contributed by atoms with Gasteiger partial charge in [-0.2, -0.15) is 0 Å². The first-order chi connectivity index (χ1) is 9.41. The fraction of sp³-hybridized carbons (Fsp3) is 0.417. The Kier molecular flexibility index (Phi) is 3.93. The van der Waals surface area contributed by atoms with Crippen LogP contribution in [0.3, 0.4) is 0 Å². The van der Waals surface area contributed by atoms with Crippen LogP contribution in [-0.4, -0.2) is 23.4 Å². The van der Waals surface area contributed by atoms with Crippen LogP contribution < -0.4 is 10.6 Å². The molecule has 8 heteroatoms. The van der Waals surface area contributed by atoms with Crippen molar-refractivity contribution in [3.8, 4) is 0 Å². The number of nitro benzene ring substituents is 1. The number of hydrogen-bond donors (Lipinski definition) is 2. The summed E-state index contributed by atoms with van der Waals surface area (Å²) in [6.07, 6.45) is 0.770. The Labute approximate surface area is 113 Å². The van der Waals surface area contributed by atoms with Crippen molar-refractivity contribution in [1.82, 2.24) is 5.32 Å². The highest BCUT2D eigenvalue weighted by Crippen LogP contribution is 2.29. The molecule has 20 heavy (non-hydrogen) atoms. The Bertz CT molecular complexity index is 565. The van der Waals surface area contributed by atoms with Gasteiger partial charge in [-0.25, -0.2) is 8.78 Å². The number of carbonyl (C=O) groups is 1. The number of anilines is 1. The van der Waals surface area contributed by atoms with Gasteiger partial charge in [0.2, 0.25) is 5.91 Å². The Morgan fingerprint density at radius 1 is 1.50 bits per heavy atom. The molecule has 6 nitrogen and oxygen atoms in total. The summed E-state index contributed by atoms with van der Waals surface area (Å²) in [6.45, 7) is 2.47. The van der Waals surface area contributed by atoms with E-state index in [9.17, 15) is 23.7 Å². The summed E-state index contributed by atoms with van der Waals surface area (Å²) in [7, 11) is 0. The van der Waals surface area contributed by atoms with E-state index in [4.69, 9.17) is 0 Å². The van der Waals surface area contributed by atoms with Crippen LogP contribution in [-0.2, 0) is 4.79 Å². The maximum Gasteiger partial charge on any atom is 0.296 e. The molecule has 0 bridgehead atoms. The number of carbonyl (C=O) groups excluding carboxylic acids is 1. The van der Waals surface area contributed by atoms with Crippen molar-refractivity contribution >= 4 is 17.3 Å². The summed E-state index contributed by atoms with van der Waals surface area (Å²) in [5, 5.41) is 15.8. The normalized spacial score (nSPS) is 21.8. The lowest BCUT2D eigenvalue weighted by Crippen LogP contribution is -2.39. The maximum absolute atomic E-state index is 13.7. The standard InChI is InChI=1S/C12H13F2N3O3/c1-6-4-5-15-10(6)12(18)16-11-8(17(19)20)3-2-7(13)9(11)14/h2-3,6,10,15H,4-5H2,1H3,(H,16,18). The predicted molar refractivity (Wildman–Crippen MR) is 67.2 cm³/mol. The van der Waals surface area contributed by atoms with Gasteiger partial charge in [-0.05, 0) is 24.9 Å². The second kappa shape index (κ2) is 5.49. The summed E-state index contributed by atoms with van der Waals surface area (Å²) < 4.78 is 26.8. The monoisotopic (exact) mass is 285 g/mol. The zero-order valence-electron chi connectivity index (χ0n) is 10.7. The molecule has 1 aromatic carbocycles. The van der Waals surface area contributed by atoms with Gasteiger partial charge in [0.1, 0.15) is 0 Å². The van der Waals surface area contributed by atoms with Crippen molar-refractivity contribution in [1.29, 1.82) is 0 Å². The average Bonchev–Trinajstić information content (AvgIpc) is 2.81.